The summed E-state index contributed by atoms with van der Waals surface area (Å²) in [4.78, 5) is 20.0. The lowest BCUT2D eigenvalue weighted by Gasteiger charge is -2.48. The quantitative estimate of drug-likeness (QED) is 0.274. The second-order valence-corrected chi connectivity index (χ2v) is 15.6. The van der Waals surface area contributed by atoms with E-state index in [1.165, 1.54) is 9.21 Å². The minimum absolute atomic E-state index is 0.0345. The third-order valence-electron chi connectivity index (χ3n) is 10.4. The number of aryl methyl sites for hydroxylation is 2. The highest BCUT2D eigenvalue weighted by Crippen LogP contribution is 2.37. The topological polar surface area (TPSA) is 90.2 Å². The molecule has 3 fully saturated rings. The summed E-state index contributed by atoms with van der Waals surface area (Å²) in [5, 5.41) is 3.82. The smallest absolute Gasteiger partial charge is 0.360 e. The first-order valence-corrected chi connectivity index (χ1v) is 18.5. The predicted molar refractivity (Wildman–Crippen MR) is 175 cm³/mol. The van der Waals surface area contributed by atoms with Gasteiger partial charge in [-0.25, -0.2) is 8.42 Å². The fourth-order valence-electron chi connectivity index (χ4n) is 7.83. The molecule has 3 aliphatic heterocycles. The average Bonchev–Trinajstić information content (AvgIpc) is 3.45. The summed E-state index contributed by atoms with van der Waals surface area (Å²) < 4.78 is 115. The van der Waals surface area contributed by atoms with Crippen molar-refractivity contribution in [2.45, 2.75) is 81.3 Å². The normalized spacial score (nSPS) is 23.5. The van der Waals surface area contributed by atoms with E-state index >= 15 is 0 Å². The number of amides is 1. The zero-order chi connectivity index (χ0) is 36.7. The number of rotatable bonds is 7. The van der Waals surface area contributed by atoms with Crippen molar-refractivity contribution in [3.63, 3.8) is 0 Å². The van der Waals surface area contributed by atoms with Crippen LogP contribution in [-0.4, -0.2) is 102 Å². The summed E-state index contributed by atoms with van der Waals surface area (Å²) in [5.41, 5.74) is -2.44. The van der Waals surface area contributed by atoms with Crippen LogP contribution in [0.5, 0.6) is 0 Å². The predicted octanol–water partition coefficient (Wildman–Crippen LogP) is 6.02. The molecule has 0 saturated carbocycles. The van der Waals surface area contributed by atoms with Crippen molar-refractivity contribution in [1.29, 1.82) is 0 Å². The number of nitrogens with zero attached hydrogens (tertiary/aromatic N) is 5. The molecule has 3 atom stereocenters. The molecule has 3 aromatic rings. The maximum absolute atomic E-state index is 13.8. The molecular weight excluding hydrogens is 700 g/mol. The number of hydrogen-bond donors (Lipinski definition) is 0. The van der Waals surface area contributed by atoms with Crippen molar-refractivity contribution in [1.82, 2.24) is 24.2 Å². The number of carbonyl (C=O) groups excluding carboxylic acids is 1. The van der Waals surface area contributed by atoms with E-state index in [2.05, 4.69) is 15.0 Å². The number of halogens is 6. The summed E-state index contributed by atoms with van der Waals surface area (Å²) >= 11 is 0. The van der Waals surface area contributed by atoms with Crippen LogP contribution in [0, 0.1) is 13.8 Å². The van der Waals surface area contributed by atoms with Gasteiger partial charge in [-0.2, -0.15) is 30.6 Å². The first kappa shape index (κ1) is 37.3. The Morgan fingerprint density at radius 3 is 2.02 bits per heavy atom. The van der Waals surface area contributed by atoms with Gasteiger partial charge in [0.05, 0.1) is 11.1 Å². The molecule has 16 heteroatoms. The van der Waals surface area contributed by atoms with Crippen LogP contribution in [0.15, 0.2) is 57.9 Å². The largest absolute Gasteiger partial charge is 0.416 e. The Hall–Kier alpha value is -3.47. The first-order valence-electron chi connectivity index (χ1n) is 17.1. The van der Waals surface area contributed by atoms with Crippen LogP contribution in [0.3, 0.4) is 0 Å². The number of piperazine rings is 1. The zero-order valence-corrected chi connectivity index (χ0v) is 29.2. The molecule has 3 saturated heterocycles. The van der Waals surface area contributed by atoms with Crippen molar-refractivity contribution in [3.05, 3.63) is 82.2 Å². The summed E-state index contributed by atoms with van der Waals surface area (Å²) in [6, 6.07) is 9.97. The van der Waals surface area contributed by atoms with Gasteiger partial charge in [-0.15, -0.1) is 0 Å². The Balaban J connectivity index is 1.15. The molecular formula is C35H41F6N5O4S. The van der Waals surface area contributed by atoms with E-state index in [0.29, 0.717) is 76.4 Å². The number of alkyl halides is 6. The Kier molecular flexibility index (Phi) is 10.6. The Labute approximate surface area is 293 Å². The molecule has 1 aromatic heterocycles. The van der Waals surface area contributed by atoms with Crippen LogP contribution in [0.4, 0.5) is 26.3 Å². The molecule has 0 spiro atoms. The van der Waals surface area contributed by atoms with Crippen molar-refractivity contribution in [2.75, 3.05) is 45.8 Å². The molecule has 278 valence electrons. The van der Waals surface area contributed by atoms with Gasteiger partial charge < -0.3 is 9.42 Å². The number of likely N-dealkylation sites (tertiary alicyclic amines) is 1. The molecule has 4 heterocycles. The summed E-state index contributed by atoms with van der Waals surface area (Å²) in [6.07, 6.45) is -7.14. The highest BCUT2D eigenvalue weighted by molar-refractivity contribution is 7.89. The number of sulfonamides is 1. The maximum Gasteiger partial charge on any atom is 0.416 e. The first-order chi connectivity index (χ1) is 24.0. The highest BCUT2D eigenvalue weighted by atomic mass is 32.2. The van der Waals surface area contributed by atoms with Crippen LogP contribution in [0.25, 0.3) is 0 Å². The van der Waals surface area contributed by atoms with Crippen LogP contribution < -0.4 is 0 Å². The Morgan fingerprint density at radius 2 is 1.45 bits per heavy atom. The lowest BCUT2D eigenvalue weighted by molar-refractivity contribution is -0.143. The Morgan fingerprint density at radius 1 is 0.843 bits per heavy atom. The molecule has 9 nitrogen and oxygen atoms in total. The molecule has 51 heavy (non-hydrogen) atoms. The van der Waals surface area contributed by atoms with Gasteiger partial charge in [-0.3, -0.25) is 14.6 Å². The van der Waals surface area contributed by atoms with Gasteiger partial charge in [-0.1, -0.05) is 35.5 Å². The van der Waals surface area contributed by atoms with Gasteiger partial charge in [0.2, 0.25) is 10.0 Å². The lowest BCUT2D eigenvalue weighted by Crippen LogP contribution is -2.59. The second-order valence-electron chi connectivity index (χ2n) is 13.7. The van der Waals surface area contributed by atoms with Gasteiger partial charge in [0.25, 0.3) is 5.91 Å². The van der Waals surface area contributed by atoms with Gasteiger partial charge in [0, 0.05) is 69.5 Å². The van der Waals surface area contributed by atoms with Gasteiger partial charge in [0.15, 0.2) is 5.76 Å². The minimum atomic E-state index is -5.06. The van der Waals surface area contributed by atoms with Gasteiger partial charge >= 0.3 is 12.4 Å². The van der Waals surface area contributed by atoms with E-state index in [0.717, 1.165) is 18.4 Å². The molecule has 0 N–H and O–H groups in total. The van der Waals surface area contributed by atoms with Gasteiger partial charge in [-0.05, 0) is 69.7 Å². The number of piperidine rings is 2. The summed E-state index contributed by atoms with van der Waals surface area (Å²) in [6.45, 7) is 6.97. The zero-order valence-electron chi connectivity index (χ0n) is 28.4. The van der Waals surface area contributed by atoms with Crippen molar-refractivity contribution in [3.8, 4) is 0 Å². The maximum atomic E-state index is 13.8. The monoisotopic (exact) mass is 741 g/mol. The van der Waals surface area contributed by atoms with E-state index in [1.807, 2.05) is 30.3 Å². The van der Waals surface area contributed by atoms with Crippen LogP contribution in [-0.2, 0) is 28.8 Å². The molecule has 1 amide bonds. The SMILES string of the molecule is Cc1noc(C)c1S(=O)(=O)N1CCCC(N2CCN([C@H]3CCN(C(=O)c4cc(C(F)(F)F)cc(C(F)(F)F)c4)[C@H](Cc4ccccc4)C3)CC2)C1. The standard InChI is InChI=1S/C35H41F6N5O4S/c1-23-32(24(2)50-42-23)51(48,49)45-11-6-9-30(22-45)44-15-13-43(14-16-44)29-10-12-46(31(21-29)17-25-7-4-3-5-8-25)33(47)26-18-27(34(36,37)38)20-28(19-26)35(39,40)41/h3-5,7-8,18-20,29-31H,6,9-17,21-22H2,1-2H3/t29-,30?,31+/m0/s1. The van der Waals surface area contributed by atoms with Crippen molar-refractivity contribution >= 4 is 15.9 Å². The minimum Gasteiger partial charge on any atom is -0.360 e. The van der Waals surface area contributed by atoms with E-state index < -0.39 is 51.0 Å². The number of hydrogen-bond acceptors (Lipinski definition) is 7. The van der Waals surface area contributed by atoms with Crippen molar-refractivity contribution in [2.24, 2.45) is 0 Å². The van der Waals surface area contributed by atoms with E-state index in [-0.39, 0.29) is 35.4 Å². The molecule has 1 unspecified atom stereocenters. The van der Waals surface area contributed by atoms with Crippen LogP contribution in [0.1, 0.15) is 64.2 Å². The molecule has 3 aliphatic rings. The van der Waals surface area contributed by atoms with Crippen molar-refractivity contribution < 1.29 is 44.1 Å². The van der Waals surface area contributed by atoms with E-state index in [9.17, 15) is 39.6 Å². The Bertz CT molecular complexity index is 1760. The number of carbonyl (C=O) groups is 1. The lowest BCUT2D eigenvalue weighted by atomic mass is 9.90. The molecule has 0 aliphatic carbocycles. The number of aromatic nitrogens is 1. The summed E-state index contributed by atoms with van der Waals surface area (Å²) in [5.74, 6) is -0.591. The molecule has 2 aromatic carbocycles. The van der Waals surface area contributed by atoms with Crippen LogP contribution in [0.2, 0.25) is 0 Å². The van der Waals surface area contributed by atoms with E-state index in [4.69, 9.17) is 4.52 Å². The molecule has 6 rings (SSSR count). The average molecular weight is 742 g/mol. The van der Waals surface area contributed by atoms with E-state index in [1.54, 1.807) is 13.8 Å². The summed E-state index contributed by atoms with van der Waals surface area (Å²) in [7, 11) is -3.77. The third-order valence-corrected chi connectivity index (χ3v) is 12.5. The van der Waals surface area contributed by atoms with Crippen LogP contribution >= 0.6 is 0 Å². The fourth-order valence-corrected chi connectivity index (χ4v) is 9.64. The number of benzene rings is 2. The third kappa shape index (κ3) is 8.13. The molecule has 0 bridgehead atoms. The highest BCUT2D eigenvalue weighted by Gasteiger charge is 2.41. The molecule has 0 radical (unpaired) electrons. The fraction of sp³-hybridized carbons (Fsp3) is 0.543. The second kappa shape index (κ2) is 14.5. The van der Waals surface area contributed by atoms with Gasteiger partial charge in [0.1, 0.15) is 10.6 Å².